The summed E-state index contributed by atoms with van der Waals surface area (Å²) in [6.45, 7) is 2.33. The first-order valence-corrected chi connectivity index (χ1v) is 9.25. The number of methoxy groups -OCH3 is 1. The molecule has 0 saturated carbocycles. The number of anilines is 1. The number of benzene rings is 1. The van der Waals surface area contributed by atoms with Crippen LogP contribution in [0.1, 0.15) is 22.2 Å². The first kappa shape index (κ1) is 20.4. The molecule has 0 spiro atoms. The number of nitrogens with zero attached hydrogens (tertiary/aromatic N) is 1. The van der Waals surface area contributed by atoms with Crippen molar-refractivity contribution >= 4 is 52.1 Å². The monoisotopic (exact) mass is 416 g/mol. The number of carbonyl (C=O) groups excluding carboxylic acids is 2. The fourth-order valence-electron chi connectivity index (χ4n) is 2.20. The van der Waals surface area contributed by atoms with Gasteiger partial charge in [-0.3, -0.25) is 4.79 Å². The molecule has 0 saturated heterocycles. The van der Waals surface area contributed by atoms with Crippen LogP contribution in [0.15, 0.2) is 24.3 Å². The second-order valence-electron chi connectivity index (χ2n) is 5.26. The van der Waals surface area contributed by atoms with Gasteiger partial charge in [-0.1, -0.05) is 23.2 Å². The topological polar surface area (TPSA) is 81.9 Å². The molecule has 0 atom stereocenters. The van der Waals surface area contributed by atoms with Crippen LogP contribution >= 0.6 is 34.5 Å². The van der Waals surface area contributed by atoms with Crippen LogP contribution in [0, 0.1) is 0 Å². The number of likely N-dealkylation sites (N-methyl/N-ethyl adjacent to an activating group) is 1. The normalized spacial score (nSPS) is 10.5. The van der Waals surface area contributed by atoms with Crippen LogP contribution in [-0.4, -0.2) is 37.0 Å². The van der Waals surface area contributed by atoms with Gasteiger partial charge in [0, 0.05) is 17.5 Å². The van der Waals surface area contributed by atoms with Crippen LogP contribution in [0.4, 0.5) is 5.69 Å². The van der Waals surface area contributed by atoms with Crippen molar-refractivity contribution in [1.29, 1.82) is 0 Å². The molecule has 26 heavy (non-hydrogen) atoms. The minimum atomic E-state index is -0.715. The molecular weight excluding hydrogens is 399 g/mol. The molecule has 140 valence electrons. The van der Waals surface area contributed by atoms with E-state index in [0.717, 1.165) is 4.88 Å². The molecule has 0 fully saturated rings. The average Bonchev–Trinajstić information content (AvgIpc) is 3.04. The number of thiophene rings is 1. The van der Waals surface area contributed by atoms with Gasteiger partial charge >= 0.3 is 5.97 Å². The lowest BCUT2D eigenvalue weighted by Crippen LogP contribution is -2.33. The third-order valence-electron chi connectivity index (χ3n) is 3.58. The zero-order valence-electron chi connectivity index (χ0n) is 14.3. The number of hydrogen-bond donors (Lipinski definition) is 1. The molecule has 1 heterocycles. The van der Waals surface area contributed by atoms with E-state index in [1.807, 2.05) is 13.0 Å². The summed E-state index contributed by atoms with van der Waals surface area (Å²) in [7, 11) is 1.40. The van der Waals surface area contributed by atoms with Gasteiger partial charge in [0.1, 0.15) is 11.3 Å². The van der Waals surface area contributed by atoms with E-state index < -0.39 is 12.6 Å². The number of nitrogens with two attached hydrogens (primary N) is 1. The van der Waals surface area contributed by atoms with Gasteiger partial charge in [0.05, 0.1) is 28.7 Å². The van der Waals surface area contributed by atoms with Crippen LogP contribution in [0.2, 0.25) is 9.36 Å². The van der Waals surface area contributed by atoms with E-state index in [4.69, 9.17) is 38.4 Å². The molecule has 0 aliphatic carbocycles. The molecule has 2 aromatic rings. The average molecular weight is 417 g/mol. The molecule has 0 radical (unpaired) electrons. The fourth-order valence-corrected chi connectivity index (χ4v) is 3.46. The Balaban J connectivity index is 2.01. The highest BCUT2D eigenvalue weighted by molar-refractivity contribution is 7.16. The summed E-state index contributed by atoms with van der Waals surface area (Å²) in [5, 5.41) is 0.203. The van der Waals surface area contributed by atoms with Crippen molar-refractivity contribution in [1.82, 2.24) is 4.90 Å². The summed E-state index contributed by atoms with van der Waals surface area (Å²) in [6, 6.07) is 6.42. The highest BCUT2D eigenvalue weighted by Crippen LogP contribution is 2.29. The third kappa shape index (κ3) is 5.03. The van der Waals surface area contributed by atoms with E-state index in [1.165, 1.54) is 30.6 Å². The Bertz CT molecular complexity index is 810. The number of amides is 1. The van der Waals surface area contributed by atoms with E-state index >= 15 is 0 Å². The highest BCUT2D eigenvalue weighted by Gasteiger charge is 2.20. The minimum absolute atomic E-state index is 0.104. The number of hydrogen-bond acceptors (Lipinski definition) is 6. The van der Waals surface area contributed by atoms with Crippen molar-refractivity contribution in [2.75, 3.05) is 26.0 Å². The molecule has 1 aromatic heterocycles. The second kappa shape index (κ2) is 9.12. The van der Waals surface area contributed by atoms with Crippen molar-refractivity contribution in [2.24, 2.45) is 0 Å². The van der Waals surface area contributed by atoms with Crippen LogP contribution < -0.4 is 10.5 Å². The van der Waals surface area contributed by atoms with Gasteiger partial charge in [0.2, 0.25) is 0 Å². The Hall–Kier alpha value is -1.96. The maximum atomic E-state index is 12.3. The molecule has 0 unspecified atom stereocenters. The summed E-state index contributed by atoms with van der Waals surface area (Å²) in [6.07, 6.45) is 0. The molecule has 2 rings (SSSR count). The first-order valence-electron chi connectivity index (χ1n) is 7.67. The molecule has 0 bridgehead atoms. The molecule has 1 amide bonds. The van der Waals surface area contributed by atoms with Crippen LogP contribution in [0.25, 0.3) is 0 Å². The SMILES string of the molecule is CCN(Cc1ccc(Cl)s1)C(=O)COC(=O)c1cc(Cl)c(N)cc1OC. The smallest absolute Gasteiger partial charge is 0.342 e. The summed E-state index contributed by atoms with van der Waals surface area (Å²) >= 11 is 13.2. The Kier molecular flexibility index (Phi) is 7.14. The predicted octanol–water partition coefficient (Wildman–Crippen LogP) is 3.85. The van der Waals surface area contributed by atoms with Crippen molar-refractivity contribution in [3.05, 3.63) is 44.1 Å². The van der Waals surface area contributed by atoms with Gasteiger partial charge in [-0.05, 0) is 25.1 Å². The lowest BCUT2D eigenvalue weighted by molar-refractivity contribution is -0.134. The number of halogens is 2. The minimum Gasteiger partial charge on any atom is -0.496 e. The van der Waals surface area contributed by atoms with E-state index in [-0.39, 0.29) is 27.9 Å². The van der Waals surface area contributed by atoms with Crippen molar-refractivity contribution in [3.8, 4) is 5.75 Å². The van der Waals surface area contributed by atoms with Gasteiger partial charge in [0.25, 0.3) is 5.91 Å². The number of carbonyl (C=O) groups is 2. The van der Waals surface area contributed by atoms with Gasteiger partial charge in [0.15, 0.2) is 6.61 Å². The van der Waals surface area contributed by atoms with E-state index in [0.29, 0.717) is 17.4 Å². The molecule has 0 aliphatic rings. The lowest BCUT2D eigenvalue weighted by atomic mass is 10.2. The largest absolute Gasteiger partial charge is 0.496 e. The Morgan fingerprint density at radius 3 is 2.58 bits per heavy atom. The molecular formula is C17H18Cl2N2O4S. The second-order valence-corrected chi connectivity index (χ2v) is 7.47. The van der Waals surface area contributed by atoms with Crippen LogP contribution in [0.5, 0.6) is 5.75 Å². The Morgan fingerprint density at radius 1 is 1.27 bits per heavy atom. The maximum Gasteiger partial charge on any atom is 0.342 e. The van der Waals surface area contributed by atoms with Gasteiger partial charge < -0.3 is 20.1 Å². The van der Waals surface area contributed by atoms with Gasteiger partial charge in [-0.25, -0.2) is 4.79 Å². The number of ether oxygens (including phenoxy) is 2. The number of nitrogen functional groups attached to an aromatic ring is 1. The van der Waals surface area contributed by atoms with E-state index in [9.17, 15) is 9.59 Å². The molecule has 1 aromatic carbocycles. The molecule has 9 heteroatoms. The fraction of sp³-hybridized carbons (Fsp3) is 0.294. The summed E-state index contributed by atoms with van der Waals surface area (Å²) < 4.78 is 10.9. The van der Waals surface area contributed by atoms with Crippen molar-refractivity contribution in [3.63, 3.8) is 0 Å². The van der Waals surface area contributed by atoms with Gasteiger partial charge in [-0.2, -0.15) is 0 Å². The molecule has 2 N–H and O–H groups in total. The van der Waals surface area contributed by atoms with Gasteiger partial charge in [-0.15, -0.1) is 11.3 Å². The van der Waals surface area contributed by atoms with E-state index in [2.05, 4.69) is 0 Å². The number of esters is 1. The van der Waals surface area contributed by atoms with Crippen molar-refractivity contribution in [2.45, 2.75) is 13.5 Å². The maximum absolute atomic E-state index is 12.3. The predicted molar refractivity (Wildman–Crippen MR) is 103 cm³/mol. The van der Waals surface area contributed by atoms with E-state index in [1.54, 1.807) is 11.0 Å². The Labute approximate surface area is 165 Å². The highest BCUT2D eigenvalue weighted by atomic mass is 35.5. The first-order chi connectivity index (χ1) is 12.3. The zero-order valence-corrected chi connectivity index (χ0v) is 16.6. The molecule has 6 nitrogen and oxygen atoms in total. The quantitative estimate of drug-likeness (QED) is 0.547. The number of rotatable bonds is 7. The van der Waals surface area contributed by atoms with Crippen molar-refractivity contribution < 1.29 is 19.1 Å². The third-order valence-corrected chi connectivity index (χ3v) is 5.12. The summed E-state index contributed by atoms with van der Waals surface area (Å²) in [4.78, 5) is 27.1. The zero-order chi connectivity index (χ0) is 19.3. The summed E-state index contributed by atoms with van der Waals surface area (Å²) in [5.74, 6) is -0.803. The molecule has 0 aliphatic heterocycles. The van der Waals surface area contributed by atoms with Crippen LogP contribution in [0.3, 0.4) is 0 Å². The summed E-state index contributed by atoms with van der Waals surface area (Å²) in [5.41, 5.74) is 6.07. The van der Waals surface area contributed by atoms with Crippen LogP contribution in [-0.2, 0) is 16.1 Å². The lowest BCUT2D eigenvalue weighted by Gasteiger charge is -2.20. The standard InChI is InChI=1S/C17H18Cl2N2O4S/c1-3-21(8-10-4-5-15(19)26-10)16(22)9-25-17(23)11-6-12(18)13(20)7-14(11)24-2/h4-7H,3,8-9,20H2,1-2H3. The Morgan fingerprint density at radius 2 is 2.00 bits per heavy atom.